The lowest BCUT2D eigenvalue weighted by atomic mass is 9.88. The van der Waals surface area contributed by atoms with Gasteiger partial charge < -0.3 is 28.8 Å². The molecule has 0 bridgehead atoms. The number of aliphatic hydroxyl groups excluding tert-OH is 1. The van der Waals surface area contributed by atoms with Crippen LogP contribution in [0.25, 0.3) is 0 Å². The number of hydrogen-bond acceptors (Lipinski definition) is 6. The van der Waals surface area contributed by atoms with Gasteiger partial charge in [-0.05, 0) is 17.7 Å². The molecular weight excluding hydrogens is 276 g/mol. The van der Waals surface area contributed by atoms with Gasteiger partial charge in [0.15, 0.2) is 11.5 Å². The molecule has 0 amide bonds. The van der Waals surface area contributed by atoms with E-state index in [0.29, 0.717) is 13.2 Å². The molecule has 0 saturated carbocycles. The lowest BCUT2D eigenvalue weighted by Gasteiger charge is -2.22. The van der Waals surface area contributed by atoms with Gasteiger partial charge in [-0.3, -0.25) is 0 Å². The summed E-state index contributed by atoms with van der Waals surface area (Å²) in [5.74, 6) is 1.64. The summed E-state index contributed by atoms with van der Waals surface area (Å²) in [6.07, 6.45) is -0.117. The van der Waals surface area contributed by atoms with Crippen LogP contribution in [0.5, 0.6) is 11.5 Å². The van der Waals surface area contributed by atoms with E-state index in [1.165, 1.54) is 0 Å². The fourth-order valence-electron chi connectivity index (χ4n) is 2.83. The van der Waals surface area contributed by atoms with Crippen LogP contribution in [0.2, 0.25) is 0 Å². The van der Waals surface area contributed by atoms with Crippen LogP contribution in [0.4, 0.5) is 0 Å². The molecule has 0 radical (unpaired) electrons. The number of ether oxygens (including phenoxy) is 5. The first-order chi connectivity index (χ1) is 10.3. The predicted octanol–water partition coefficient (Wildman–Crippen LogP) is 1.33. The zero-order valence-electron chi connectivity index (χ0n) is 12.0. The van der Waals surface area contributed by atoms with Crippen LogP contribution in [0, 0.1) is 11.8 Å². The summed E-state index contributed by atoms with van der Waals surface area (Å²) < 4.78 is 27.0. The first-order valence-electron chi connectivity index (χ1n) is 7.02. The van der Waals surface area contributed by atoms with Gasteiger partial charge in [-0.25, -0.2) is 0 Å². The molecule has 116 valence electrons. The third-order valence-electron chi connectivity index (χ3n) is 3.96. The normalized spacial score (nSPS) is 27.2. The van der Waals surface area contributed by atoms with Crippen molar-refractivity contribution in [2.24, 2.45) is 11.8 Å². The van der Waals surface area contributed by atoms with Gasteiger partial charge >= 0.3 is 0 Å². The van der Waals surface area contributed by atoms with Crippen molar-refractivity contribution in [3.05, 3.63) is 23.8 Å². The van der Waals surface area contributed by atoms with Gasteiger partial charge in [-0.1, -0.05) is 6.07 Å². The highest BCUT2D eigenvalue weighted by Gasteiger charge is 2.38. The lowest BCUT2D eigenvalue weighted by Crippen LogP contribution is -2.24. The van der Waals surface area contributed by atoms with E-state index in [9.17, 15) is 5.11 Å². The number of hydrogen-bond donors (Lipinski definition) is 1. The van der Waals surface area contributed by atoms with Gasteiger partial charge in [0.1, 0.15) is 6.79 Å². The standard InChI is InChI=1S/C15H20O6/c1-17-8-18-7-12-11(5-16)6-19-15(12)10-2-3-13-14(4-10)21-9-20-13/h2-4,11-12,15-16H,5-9H2,1H3/t11-,12+,15-/m1/s1. The summed E-state index contributed by atoms with van der Waals surface area (Å²) in [5.41, 5.74) is 1.02. The summed E-state index contributed by atoms with van der Waals surface area (Å²) in [7, 11) is 1.59. The van der Waals surface area contributed by atoms with Crippen molar-refractivity contribution in [2.45, 2.75) is 6.10 Å². The highest BCUT2D eigenvalue weighted by atomic mass is 16.7. The van der Waals surface area contributed by atoms with Crippen LogP contribution in [0.3, 0.4) is 0 Å². The smallest absolute Gasteiger partial charge is 0.231 e. The molecule has 0 unspecified atom stereocenters. The molecule has 1 saturated heterocycles. The maximum Gasteiger partial charge on any atom is 0.231 e. The van der Waals surface area contributed by atoms with Crippen LogP contribution >= 0.6 is 0 Å². The second-order valence-electron chi connectivity index (χ2n) is 5.25. The van der Waals surface area contributed by atoms with Crippen LogP contribution in [0.1, 0.15) is 11.7 Å². The maximum absolute atomic E-state index is 9.50. The van der Waals surface area contributed by atoms with Crippen molar-refractivity contribution in [2.75, 3.05) is 40.5 Å². The fraction of sp³-hybridized carbons (Fsp3) is 0.600. The van der Waals surface area contributed by atoms with Crippen molar-refractivity contribution in [1.82, 2.24) is 0 Å². The molecule has 1 aromatic rings. The molecule has 3 rings (SSSR count). The molecule has 0 aliphatic carbocycles. The first-order valence-corrected chi connectivity index (χ1v) is 7.02. The number of methoxy groups -OCH3 is 1. The van der Waals surface area contributed by atoms with Gasteiger partial charge in [0.2, 0.25) is 6.79 Å². The van der Waals surface area contributed by atoms with Gasteiger partial charge in [-0.2, -0.15) is 0 Å². The summed E-state index contributed by atoms with van der Waals surface area (Å²) in [6, 6.07) is 5.80. The maximum atomic E-state index is 9.50. The molecule has 2 aliphatic heterocycles. The highest BCUT2D eigenvalue weighted by molar-refractivity contribution is 5.45. The van der Waals surface area contributed by atoms with Crippen molar-refractivity contribution >= 4 is 0 Å². The van der Waals surface area contributed by atoms with Crippen LogP contribution < -0.4 is 9.47 Å². The number of fused-ring (bicyclic) bond motifs is 1. The van der Waals surface area contributed by atoms with Gasteiger partial charge in [0.25, 0.3) is 0 Å². The summed E-state index contributed by atoms with van der Waals surface area (Å²) in [6.45, 7) is 1.59. The van der Waals surface area contributed by atoms with E-state index in [2.05, 4.69) is 0 Å². The molecule has 21 heavy (non-hydrogen) atoms. The van der Waals surface area contributed by atoms with Crippen LogP contribution in [-0.2, 0) is 14.2 Å². The zero-order chi connectivity index (χ0) is 14.7. The Balaban J connectivity index is 1.75. The highest BCUT2D eigenvalue weighted by Crippen LogP contribution is 2.42. The van der Waals surface area contributed by atoms with Crippen LogP contribution in [-0.4, -0.2) is 45.6 Å². The van der Waals surface area contributed by atoms with Gasteiger partial charge in [-0.15, -0.1) is 0 Å². The van der Waals surface area contributed by atoms with E-state index in [-0.39, 0.29) is 38.1 Å². The van der Waals surface area contributed by atoms with E-state index >= 15 is 0 Å². The minimum Gasteiger partial charge on any atom is -0.454 e. The second kappa shape index (κ2) is 6.62. The van der Waals surface area contributed by atoms with E-state index in [1.807, 2.05) is 18.2 Å². The summed E-state index contributed by atoms with van der Waals surface area (Å²) in [4.78, 5) is 0. The molecule has 2 heterocycles. The van der Waals surface area contributed by atoms with E-state index in [4.69, 9.17) is 23.7 Å². The first kappa shape index (κ1) is 14.6. The predicted molar refractivity (Wildman–Crippen MR) is 73.2 cm³/mol. The molecule has 6 heteroatoms. The SMILES string of the molecule is COCOC[C@H]1[C@H](CO)CO[C@@H]1c1ccc2c(c1)OCO2. The Kier molecular flexibility index (Phi) is 4.60. The molecule has 3 atom stereocenters. The second-order valence-corrected chi connectivity index (χ2v) is 5.25. The quantitative estimate of drug-likeness (QED) is 0.631. The lowest BCUT2D eigenvalue weighted by molar-refractivity contribution is -0.0575. The minimum atomic E-state index is -0.117. The molecule has 2 aliphatic rings. The molecular formula is C15H20O6. The Morgan fingerprint density at radius 2 is 2.14 bits per heavy atom. The van der Waals surface area contributed by atoms with E-state index in [0.717, 1.165) is 17.1 Å². The molecule has 0 aromatic heterocycles. The van der Waals surface area contributed by atoms with Crippen LogP contribution in [0.15, 0.2) is 18.2 Å². The van der Waals surface area contributed by atoms with Crippen molar-refractivity contribution < 1.29 is 28.8 Å². The largest absolute Gasteiger partial charge is 0.454 e. The van der Waals surface area contributed by atoms with Crippen molar-refractivity contribution in [3.8, 4) is 11.5 Å². The summed E-state index contributed by atoms with van der Waals surface area (Å²) in [5, 5.41) is 9.50. The summed E-state index contributed by atoms with van der Waals surface area (Å²) >= 11 is 0. The van der Waals surface area contributed by atoms with Gasteiger partial charge in [0.05, 0.1) is 19.3 Å². The number of rotatable bonds is 6. The Bertz CT molecular complexity index is 477. The number of benzene rings is 1. The fourth-order valence-corrected chi connectivity index (χ4v) is 2.83. The molecule has 1 N–H and O–H groups in total. The van der Waals surface area contributed by atoms with E-state index in [1.54, 1.807) is 7.11 Å². The third kappa shape index (κ3) is 2.98. The molecule has 0 spiro atoms. The van der Waals surface area contributed by atoms with E-state index < -0.39 is 0 Å². The topological polar surface area (TPSA) is 66.4 Å². The molecule has 1 aromatic carbocycles. The molecule has 6 nitrogen and oxygen atoms in total. The average molecular weight is 296 g/mol. The third-order valence-corrected chi connectivity index (χ3v) is 3.96. The monoisotopic (exact) mass is 296 g/mol. The Labute approximate surface area is 123 Å². The Morgan fingerprint density at radius 1 is 1.29 bits per heavy atom. The minimum absolute atomic E-state index is 0.0669. The van der Waals surface area contributed by atoms with Gasteiger partial charge in [0, 0.05) is 25.6 Å². The van der Waals surface area contributed by atoms with Crippen molar-refractivity contribution in [3.63, 3.8) is 0 Å². The Hall–Kier alpha value is -1.34. The average Bonchev–Trinajstić information content (AvgIpc) is 3.12. The number of aliphatic hydroxyl groups is 1. The molecule has 1 fully saturated rings. The Morgan fingerprint density at radius 3 is 2.95 bits per heavy atom. The zero-order valence-corrected chi connectivity index (χ0v) is 12.0. The van der Waals surface area contributed by atoms with Crippen molar-refractivity contribution in [1.29, 1.82) is 0 Å².